The second-order valence-electron chi connectivity index (χ2n) is 6.86. The fraction of sp³-hybridized carbons (Fsp3) is 0.350. The highest BCUT2D eigenvalue weighted by Crippen LogP contribution is 2.32. The average Bonchev–Trinajstić information content (AvgIpc) is 3.32. The number of rotatable bonds is 5. The molecule has 1 aliphatic rings. The van der Waals surface area contributed by atoms with Gasteiger partial charge in [0.05, 0.1) is 6.04 Å². The number of carbonyl (C=O) groups is 1. The molecular formula is C20H23N3O2S. The van der Waals surface area contributed by atoms with Gasteiger partial charge in [0.25, 0.3) is 0 Å². The highest BCUT2D eigenvalue weighted by Gasteiger charge is 2.35. The molecule has 2 aromatic heterocycles. The lowest BCUT2D eigenvalue weighted by Crippen LogP contribution is -2.49. The zero-order valence-corrected chi connectivity index (χ0v) is 15.6. The van der Waals surface area contributed by atoms with Gasteiger partial charge in [-0.05, 0) is 24.6 Å². The smallest absolute Gasteiger partial charge is 0.195 e. The van der Waals surface area contributed by atoms with E-state index in [4.69, 9.17) is 0 Å². The fourth-order valence-corrected chi connectivity index (χ4v) is 4.56. The van der Waals surface area contributed by atoms with Crippen molar-refractivity contribution in [1.82, 2.24) is 14.8 Å². The number of aliphatic hydroxyl groups excluding tert-OH is 1. The van der Waals surface area contributed by atoms with Gasteiger partial charge in [-0.1, -0.05) is 24.3 Å². The number of fused-ring (bicyclic) bond motifs is 1. The van der Waals surface area contributed by atoms with Crippen LogP contribution >= 0.6 is 11.3 Å². The third-order valence-corrected chi connectivity index (χ3v) is 6.13. The van der Waals surface area contributed by atoms with E-state index in [1.807, 2.05) is 41.8 Å². The van der Waals surface area contributed by atoms with Gasteiger partial charge in [-0.3, -0.25) is 9.69 Å². The van der Waals surface area contributed by atoms with Crippen LogP contribution in [0.25, 0.3) is 10.9 Å². The molecule has 1 saturated heterocycles. The van der Waals surface area contributed by atoms with Crippen molar-refractivity contribution in [2.45, 2.75) is 12.1 Å². The SMILES string of the molecule is CN1CCN([C@@H](c2cccs2)[C@H](O)C(=O)c2c[nH]c3ccccc23)CC1. The largest absolute Gasteiger partial charge is 0.383 e. The summed E-state index contributed by atoms with van der Waals surface area (Å²) in [6, 6.07) is 11.4. The van der Waals surface area contributed by atoms with Gasteiger partial charge in [0.2, 0.25) is 0 Å². The van der Waals surface area contributed by atoms with E-state index in [2.05, 4.69) is 21.8 Å². The number of ketones is 1. The number of benzene rings is 1. The molecule has 2 atom stereocenters. The van der Waals surface area contributed by atoms with Crippen molar-refractivity contribution in [1.29, 1.82) is 0 Å². The van der Waals surface area contributed by atoms with Crippen LogP contribution < -0.4 is 0 Å². The zero-order chi connectivity index (χ0) is 18.1. The van der Waals surface area contributed by atoms with E-state index in [-0.39, 0.29) is 11.8 Å². The van der Waals surface area contributed by atoms with Crippen LogP contribution in [-0.2, 0) is 0 Å². The number of nitrogens with zero attached hydrogens (tertiary/aromatic N) is 2. The Morgan fingerprint density at radius 1 is 1.15 bits per heavy atom. The van der Waals surface area contributed by atoms with E-state index >= 15 is 0 Å². The maximum absolute atomic E-state index is 13.2. The minimum Gasteiger partial charge on any atom is -0.383 e. The molecule has 2 N–H and O–H groups in total. The van der Waals surface area contributed by atoms with Crippen molar-refractivity contribution < 1.29 is 9.90 Å². The van der Waals surface area contributed by atoms with Crippen molar-refractivity contribution in [2.75, 3.05) is 33.2 Å². The minimum absolute atomic E-state index is 0.222. The van der Waals surface area contributed by atoms with Crippen LogP contribution in [0.4, 0.5) is 0 Å². The van der Waals surface area contributed by atoms with Gasteiger partial charge >= 0.3 is 0 Å². The van der Waals surface area contributed by atoms with E-state index in [1.54, 1.807) is 17.5 Å². The summed E-state index contributed by atoms with van der Waals surface area (Å²) in [4.78, 5) is 21.8. The van der Waals surface area contributed by atoms with Gasteiger partial charge in [-0.25, -0.2) is 0 Å². The number of hydrogen-bond acceptors (Lipinski definition) is 5. The van der Waals surface area contributed by atoms with Gasteiger partial charge in [0.15, 0.2) is 5.78 Å². The summed E-state index contributed by atoms with van der Waals surface area (Å²) in [6.45, 7) is 3.57. The highest BCUT2D eigenvalue weighted by molar-refractivity contribution is 7.10. The van der Waals surface area contributed by atoms with Crippen LogP contribution in [-0.4, -0.2) is 65.0 Å². The van der Waals surface area contributed by atoms with Gasteiger partial charge in [-0.15, -0.1) is 11.3 Å². The first-order chi connectivity index (χ1) is 12.6. The first-order valence-corrected chi connectivity index (χ1v) is 9.77. The number of Topliss-reactive ketones (excluding diaryl/α,β-unsaturated/α-hetero) is 1. The summed E-state index contributed by atoms with van der Waals surface area (Å²) in [5.74, 6) is -0.222. The van der Waals surface area contributed by atoms with E-state index < -0.39 is 6.10 Å². The third kappa shape index (κ3) is 3.21. The lowest BCUT2D eigenvalue weighted by Gasteiger charge is -2.39. The monoisotopic (exact) mass is 369 g/mol. The topological polar surface area (TPSA) is 59.6 Å². The third-order valence-electron chi connectivity index (χ3n) is 5.19. The van der Waals surface area contributed by atoms with E-state index in [0.29, 0.717) is 5.56 Å². The molecule has 1 aromatic carbocycles. The molecule has 0 amide bonds. The summed E-state index contributed by atoms with van der Waals surface area (Å²) >= 11 is 1.60. The predicted molar refractivity (Wildman–Crippen MR) is 105 cm³/mol. The number of likely N-dealkylation sites (N-methyl/N-ethyl adjacent to an activating group) is 1. The molecule has 1 fully saturated rings. The van der Waals surface area contributed by atoms with Crippen molar-refractivity contribution in [2.24, 2.45) is 0 Å². The molecule has 26 heavy (non-hydrogen) atoms. The van der Waals surface area contributed by atoms with Crippen LogP contribution in [0.15, 0.2) is 48.0 Å². The molecule has 1 aliphatic heterocycles. The van der Waals surface area contributed by atoms with Gasteiger partial charge in [0, 0.05) is 53.7 Å². The number of aromatic amines is 1. The standard InChI is InChI=1S/C20H23N3O2S/c1-22-8-10-23(11-9-22)18(17-7-4-12-26-17)20(25)19(24)15-13-21-16-6-3-2-5-14(15)16/h2-7,12-13,18,20-21,25H,8-11H2,1H3/t18-,20-/m0/s1. The molecule has 0 spiro atoms. The number of piperazine rings is 1. The van der Waals surface area contributed by atoms with Crippen molar-refractivity contribution >= 4 is 28.0 Å². The van der Waals surface area contributed by atoms with E-state index in [1.165, 1.54) is 0 Å². The summed E-state index contributed by atoms with van der Waals surface area (Å²) in [5.41, 5.74) is 1.47. The quantitative estimate of drug-likeness (QED) is 0.679. The number of para-hydroxylation sites is 1. The van der Waals surface area contributed by atoms with Crippen molar-refractivity contribution in [3.8, 4) is 0 Å². The summed E-state index contributed by atoms with van der Waals surface area (Å²) in [6.07, 6.45) is 0.627. The summed E-state index contributed by atoms with van der Waals surface area (Å²) in [7, 11) is 2.10. The Morgan fingerprint density at radius 2 is 1.92 bits per heavy atom. The molecule has 3 aromatic rings. The lowest BCUT2D eigenvalue weighted by atomic mass is 9.97. The van der Waals surface area contributed by atoms with Crippen molar-refractivity contribution in [3.05, 3.63) is 58.4 Å². The normalized spacial score (nSPS) is 18.8. The number of aliphatic hydroxyl groups is 1. The Balaban J connectivity index is 1.65. The molecular weight excluding hydrogens is 346 g/mol. The maximum atomic E-state index is 13.2. The van der Waals surface area contributed by atoms with Gasteiger partial charge in [0.1, 0.15) is 6.10 Å². The molecule has 5 nitrogen and oxygen atoms in total. The Hall–Kier alpha value is -1.99. The molecule has 136 valence electrons. The first kappa shape index (κ1) is 17.4. The van der Waals surface area contributed by atoms with Crippen LogP contribution in [0.1, 0.15) is 21.3 Å². The van der Waals surface area contributed by atoms with Crippen LogP contribution in [0.5, 0.6) is 0 Å². The van der Waals surface area contributed by atoms with Crippen LogP contribution in [0.3, 0.4) is 0 Å². The summed E-state index contributed by atoms with van der Waals surface area (Å²) < 4.78 is 0. The molecule has 0 aliphatic carbocycles. The minimum atomic E-state index is -1.09. The number of hydrogen-bond donors (Lipinski definition) is 2. The molecule has 0 unspecified atom stereocenters. The number of nitrogens with one attached hydrogen (secondary N) is 1. The van der Waals surface area contributed by atoms with E-state index in [9.17, 15) is 9.90 Å². The van der Waals surface area contributed by atoms with Gasteiger partial charge in [-0.2, -0.15) is 0 Å². The number of carbonyl (C=O) groups excluding carboxylic acids is 1. The van der Waals surface area contributed by atoms with Crippen LogP contribution in [0.2, 0.25) is 0 Å². The Bertz CT molecular complexity index is 881. The van der Waals surface area contributed by atoms with Crippen molar-refractivity contribution in [3.63, 3.8) is 0 Å². The zero-order valence-electron chi connectivity index (χ0n) is 14.8. The summed E-state index contributed by atoms with van der Waals surface area (Å²) in [5, 5.41) is 13.9. The average molecular weight is 369 g/mol. The fourth-order valence-electron chi connectivity index (χ4n) is 3.67. The molecule has 0 radical (unpaired) electrons. The molecule has 0 saturated carbocycles. The lowest BCUT2D eigenvalue weighted by molar-refractivity contribution is 0.0240. The Morgan fingerprint density at radius 3 is 2.65 bits per heavy atom. The number of aromatic nitrogens is 1. The Labute approximate surface area is 156 Å². The molecule has 4 rings (SSSR count). The maximum Gasteiger partial charge on any atom is 0.195 e. The predicted octanol–water partition coefficient (Wildman–Crippen LogP) is 2.76. The molecule has 3 heterocycles. The van der Waals surface area contributed by atoms with Crippen LogP contribution in [0, 0.1) is 0 Å². The van der Waals surface area contributed by atoms with E-state index in [0.717, 1.165) is 42.0 Å². The van der Waals surface area contributed by atoms with Gasteiger partial charge < -0.3 is 15.0 Å². The number of thiophene rings is 1. The molecule has 0 bridgehead atoms. The first-order valence-electron chi connectivity index (χ1n) is 8.89. The second-order valence-corrected chi connectivity index (χ2v) is 7.84. The molecule has 6 heteroatoms. The highest BCUT2D eigenvalue weighted by atomic mass is 32.1. The second kappa shape index (κ2) is 7.32. The Kier molecular flexibility index (Phi) is 4.91. The number of H-pyrrole nitrogens is 1.